The Morgan fingerprint density at radius 2 is 1.89 bits per heavy atom. The molecule has 19 heavy (non-hydrogen) atoms. The standard InChI is InChI=1S/C17H25NO/c1-17(2,3)13-4-6-14(7-5-13)18-11-12-10-15-8-9-16(12)19-15/h4-7,12,15-16,18H,8-11H2,1-3H3. The van der Waals surface area contributed by atoms with Crippen LogP contribution in [0.3, 0.4) is 0 Å². The first kappa shape index (κ1) is 13.0. The summed E-state index contributed by atoms with van der Waals surface area (Å²) < 4.78 is 5.90. The van der Waals surface area contributed by atoms with E-state index in [2.05, 4.69) is 50.4 Å². The lowest BCUT2D eigenvalue weighted by Crippen LogP contribution is -2.24. The van der Waals surface area contributed by atoms with Gasteiger partial charge in [-0.1, -0.05) is 32.9 Å². The summed E-state index contributed by atoms with van der Waals surface area (Å²) in [7, 11) is 0. The molecule has 0 aliphatic carbocycles. The maximum Gasteiger partial charge on any atom is 0.0625 e. The first-order valence-corrected chi connectivity index (χ1v) is 7.52. The van der Waals surface area contributed by atoms with Crippen LogP contribution in [0.5, 0.6) is 0 Å². The number of rotatable bonds is 3. The predicted octanol–water partition coefficient (Wildman–Crippen LogP) is 3.96. The van der Waals surface area contributed by atoms with Crippen LogP contribution in [0.1, 0.15) is 45.6 Å². The molecular formula is C17H25NO. The molecule has 2 heteroatoms. The third kappa shape index (κ3) is 2.79. The van der Waals surface area contributed by atoms with E-state index in [9.17, 15) is 0 Å². The highest BCUT2D eigenvalue weighted by atomic mass is 16.5. The molecule has 104 valence electrons. The van der Waals surface area contributed by atoms with Gasteiger partial charge in [-0.2, -0.15) is 0 Å². The van der Waals surface area contributed by atoms with Gasteiger partial charge >= 0.3 is 0 Å². The van der Waals surface area contributed by atoms with Crippen LogP contribution < -0.4 is 5.32 Å². The highest BCUT2D eigenvalue weighted by Crippen LogP contribution is 2.38. The maximum absolute atomic E-state index is 5.90. The molecule has 0 amide bonds. The lowest BCUT2D eigenvalue weighted by molar-refractivity contribution is 0.0941. The first-order valence-electron chi connectivity index (χ1n) is 7.52. The quantitative estimate of drug-likeness (QED) is 0.887. The van der Waals surface area contributed by atoms with Gasteiger partial charge in [-0.15, -0.1) is 0 Å². The Morgan fingerprint density at radius 3 is 2.42 bits per heavy atom. The lowest BCUT2D eigenvalue weighted by Gasteiger charge is -2.21. The molecule has 2 saturated heterocycles. The summed E-state index contributed by atoms with van der Waals surface area (Å²) in [5.74, 6) is 0.709. The van der Waals surface area contributed by atoms with Crippen LogP contribution in [0.4, 0.5) is 5.69 Å². The van der Waals surface area contributed by atoms with Crippen molar-refractivity contribution in [3.05, 3.63) is 29.8 Å². The molecule has 0 spiro atoms. The van der Waals surface area contributed by atoms with E-state index in [0.29, 0.717) is 18.1 Å². The smallest absolute Gasteiger partial charge is 0.0625 e. The summed E-state index contributed by atoms with van der Waals surface area (Å²) in [5, 5.41) is 3.57. The van der Waals surface area contributed by atoms with Gasteiger partial charge in [0, 0.05) is 18.2 Å². The number of anilines is 1. The summed E-state index contributed by atoms with van der Waals surface area (Å²) in [6.07, 6.45) is 4.87. The van der Waals surface area contributed by atoms with E-state index in [4.69, 9.17) is 4.74 Å². The van der Waals surface area contributed by atoms with Gasteiger partial charge in [0.25, 0.3) is 0 Å². The molecule has 2 bridgehead atoms. The molecule has 0 saturated carbocycles. The predicted molar refractivity (Wildman–Crippen MR) is 79.6 cm³/mol. The van der Waals surface area contributed by atoms with Gasteiger partial charge in [-0.05, 0) is 42.4 Å². The molecule has 2 aliphatic heterocycles. The fraction of sp³-hybridized carbons (Fsp3) is 0.647. The molecule has 0 aromatic heterocycles. The second kappa shape index (κ2) is 4.82. The zero-order valence-electron chi connectivity index (χ0n) is 12.3. The van der Waals surface area contributed by atoms with E-state index in [1.807, 2.05) is 0 Å². The average Bonchev–Trinajstić information content (AvgIpc) is 2.98. The van der Waals surface area contributed by atoms with Crippen LogP contribution in [0.2, 0.25) is 0 Å². The van der Waals surface area contributed by atoms with Crippen molar-refractivity contribution in [3.63, 3.8) is 0 Å². The van der Waals surface area contributed by atoms with Crippen LogP contribution in [-0.2, 0) is 10.2 Å². The fourth-order valence-electron chi connectivity index (χ4n) is 3.29. The SMILES string of the molecule is CC(C)(C)c1ccc(NCC2CC3CCC2O3)cc1. The van der Waals surface area contributed by atoms with Gasteiger partial charge in [-0.25, -0.2) is 0 Å². The van der Waals surface area contributed by atoms with E-state index in [-0.39, 0.29) is 5.41 Å². The van der Waals surface area contributed by atoms with Crippen molar-refractivity contribution in [2.75, 3.05) is 11.9 Å². The van der Waals surface area contributed by atoms with Crippen molar-refractivity contribution in [1.29, 1.82) is 0 Å². The summed E-state index contributed by atoms with van der Waals surface area (Å²) in [4.78, 5) is 0. The highest BCUT2D eigenvalue weighted by Gasteiger charge is 2.40. The number of benzene rings is 1. The normalized spacial score (nSPS) is 29.7. The minimum absolute atomic E-state index is 0.233. The number of ether oxygens (including phenoxy) is 1. The molecule has 2 heterocycles. The number of fused-ring (bicyclic) bond motifs is 2. The van der Waals surface area contributed by atoms with Crippen molar-refractivity contribution in [3.8, 4) is 0 Å². The Kier molecular flexibility index (Phi) is 3.30. The molecule has 2 fully saturated rings. The van der Waals surface area contributed by atoms with Gasteiger partial charge in [0.05, 0.1) is 12.2 Å². The van der Waals surface area contributed by atoms with Crippen molar-refractivity contribution in [2.45, 2.75) is 57.7 Å². The second-order valence-electron chi connectivity index (χ2n) is 7.08. The van der Waals surface area contributed by atoms with Crippen molar-refractivity contribution in [1.82, 2.24) is 0 Å². The van der Waals surface area contributed by atoms with Crippen molar-refractivity contribution < 1.29 is 4.74 Å². The third-order valence-corrected chi connectivity index (χ3v) is 4.55. The number of hydrogen-bond donors (Lipinski definition) is 1. The van der Waals surface area contributed by atoms with E-state index < -0.39 is 0 Å². The summed E-state index contributed by atoms with van der Waals surface area (Å²) >= 11 is 0. The molecule has 1 N–H and O–H groups in total. The zero-order chi connectivity index (χ0) is 13.5. The lowest BCUT2D eigenvalue weighted by atomic mass is 9.87. The summed E-state index contributed by atoms with van der Waals surface area (Å²) in [5.41, 5.74) is 2.86. The van der Waals surface area contributed by atoms with Crippen LogP contribution in [0.15, 0.2) is 24.3 Å². The van der Waals surface area contributed by atoms with Gasteiger partial charge in [-0.3, -0.25) is 0 Å². The largest absolute Gasteiger partial charge is 0.385 e. The van der Waals surface area contributed by atoms with Gasteiger partial charge in [0.15, 0.2) is 0 Å². The maximum atomic E-state index is 5.90. The van der Waals surface area contributed by atoms with Gasteiger partial charge in [0.1, 0.15) is 0 Å². The van der Waals surface area contributed by atoms with Gasteiger partial charge in [0.2, 0.25) is 0 Å². The molecular weight excluding hydrogens is 234 g/mol. The Balaban J connectivity index is 1.56. The highest BCUT2D eigenvalue weighted by molar-refractivity contribution is 5.45. The monoisotopic (exact) mass is 259 g/mol. The molecule has 1 aromatic carbocycles. The van der Waals surface area contributed by atoms with Crippen LogP contribution in [0, 0.1) is 5.92 Å². The van der Waals surface area contributed by atoms with E-state index in [1.54, 1.807) is 0 Å². The summed E-state index contributed by atoms with van der Waals surface area (Å²) in [6.45, 7) is 7.81. The Morgan fingerprint density at radius 1 is 1.16 bits per heavy atom. The molecule has 3 atom stereocenters. The average molecular weight is 259 g/mol. The van der Waals surface area contributed by atoms with Crippen molar-refractivity contribution in [2.24, 2.45) is 5.92 Å². The van der Waals surface area contributed by atoms with Crippen LogP contribution >= 0.6 is 0 Å². The van der Waals surface area contributed by atoms with E-state index in [1.165, 1.54) is 30.5 Å². The molecule has 2 aliphatic rings. The van der Waals surface area contributed by atoms with Crippen LogP contribution in [-0.4, -0.2) is 18.8 Å². The van der Waals surface area contributed by atoms with E-state index >= 15 is 0 Å². The molecule has 3 unspecified atom stereocenters. The number of hydrogen-bond acceptors (Lipinski definition) is 2. The third-order valence-electron chi connectivity index (χ3n) is 4.55. The van der Waals surface area contributed by atoms with Crippen LogP contribution in [0.25, 0.3) is 0 Å². The molecule has 0 radical (unpaired) electrons. The second-order valence-corrected chi connectivity index (χ2v) is 7.08. The van der Waals surface area contributed by atoms with Gasteiger partial charge < -0.3 is 10.1 Å². The summed E-state index contributed by atoms with van der Waals surface area (Å²) in [6, 6.07) is 8.88. The van der Waals surface area contributed by atoms with Crippen molar-refractivity contribution >= 4 is 5.69 Å². The minimum atomic E-state index is 0.233. The zero-order valence-corrected chi connectivity index (χ0v) is 12.3. The number of nitrogens with one attached hydrogen (secondary N) is 1. The fourth-order valence-corrected chi connectivity index (χ4v) is 3.29. The Hall–Kier alpha value is -1.02. The first-order chi connectivity index (χ1) is 9.02. The Bertz CT molecular complexity index is 432. The molecule has 3 rings (SSSR count). The van der Waals surface area contributed by atoms with E-state index in [0.717, 1.165) is 6.54 Å². The molecule has 1 aromatic rings. The Labute approximate surface area is 116 Å². The molecule has 2 nitrogen and oxygen atoms in total. The minimum Gasteiger partial charge on any atom is -0.385 e. The topological polar surface area (TPSA) is 21.3 Å².